The molecule has 1 aromatic heterocycles. The zero-order valence-electron chi connectivity index (χ0n) is 16.0. The summed E-state index contributed by atoms with van der Waals surface area (Å²) < 4.78 is 5.90. The topological polar surface area (TPSA) is 75.6 Å². The molecule has 0 unspecified atom stereocenters. The third kappa shape index (κ3) is 3.87. The van der Waals surface area contributed by atoms with Crippen LogP contribution in [-0.2, 0) is 0 Å². The van der Waals surface area contributed by atoms with Crippen LogP contribution in [0.15, 0.2) is 72.8 Å². The second-order valence-corrected chi connectivity index (χ2v) is 6.60. The lowest BCUT2D eigenvalue weighted by molar-refractivity contribution is 0.0697. The van der Waals surface area contributed by atoms with Gasteiger partial charge in [0.05, 0.1) is 11.1 Å². The quantitative estimate of drug-likeness (QED) is 0.509. The maximum atomic E-state index is 11.0. The van der Waals surface area contributed by atoms with Gasteiger partial charge >= 0.3 is 5.97 Å². The number of carbonyl (C=O) groups is 1. The summed E-state index contributed by atoms with van der Waals surface area (Å²) in [4.78, 5) is 22.1. The van der Waals surface area contributed by atoms with Crippen LogP contribution < -0.4 is 9.64 Å². The average molecular weight is 385 g/mol. The number of anilines is 2. The molecule has 0 saturated carbocycles. The zero-order valence-corrected chi connectivity index (χ0v) is 16.0. The van der Waals surface area contributed by atoms with Gasteiger partial charge in [-0.1, -0.05) is 18.2 Å². The Bertz CT molecular complexity index is 1190. The van der Waals surface area contributed by atoms with Crippen molar-refractivity contribution in [3.63, 3.8) is 0 Å². The van der Waals surface area contributed by atoms with E-state index < -0.39 is 5.97 Å². The highest BCUT2D eigenvalue weighted by molar-refractivity contribution is 5.91. The summed E-state index contributed by atoms with van der Waals surface area (Å²) in [6.07, 6.45) is 0. The first-order valence-corrected chi connectivity index (χ1v) is 9.09. The molecule has 1 heterocycles. The molecule has 0 saturated heterocycles. The zero-order chi connectivity index (χ0) is 20.4. The fourth-order valence-electron chi connectivity index (χ4n) is 3.11. The van der Waals surface area contributed by atoms with E-state index in [0.717, 1.165) is 22.4 Å². The Morgan fingerprint density at radius 1 is 0.931 bits per heavy atom. The molecular weight excluding hydrogens is 366 g/mol. The maximum absolute atomic E-state index is 11.0. The average Bonchev–Trinajstić information content (AvgIpc) is 2.73. The molecule has 0 amide bonds. The predicted molar refractivity (Wildman–Crippen MR) is 112 cm³/mol. The lowest BCUT2D eigenvalue weighted by atomic mass is 10.2. The van der Waals surface area contributed by atoms with Crippen molar-refractivity contribution in [2.45, 2.75) is 6.92 Å². The minimum absolute atomic E-state index is 0.219. The van der Waals surface area contributed by atoms with Crippen molar-refractivity contribution in [3.05, 3.63) is 84.2 Å². The summed E-state index contributed by atoms with van der Waals surface area (Å²) in [6, 6.07) is 21.9. The van der Waals surface area contributed by atoms with Gasteiger partial charge in [-0.25, -0.2) is 14.8 Å². The first kappa shape index (κ1) is 18.4. The van der Waals surface area contributed by atoms with Gasteiger partial charge in [0, 0.05) is 24.2 Å². The van der Waals surface area contributed by atoms with Crippen molar-refractivity contribution in [2.75, 3.05) is 11.9 Å². The lowest BCUT2D eigenvalue weighted by Gasteiger charge is -2.21. The molecule has 3 aromatic carbocycles. The van der Waals surface area contributed by atoms with Crippen LogP contribution in [0.4, 0.5) is 11.5 Å². The van der Waals surface area contributed by atoms with Crippen LogP contribution in [-0.4, -0.2) is 28.1 Å². The van der Waals surface area contributed by atoms with Crippen molar-refractivity contribution in [3.8, 4) is 11.5 Å². The van der Waals surface area contributed by atoms with Crippen LogP contribution in [0.5, 0.6) is 11.5 Å². The molecule has 0 bridgehead atoms. The molecule has 0 fully saturated rings. The minimum atomic E-state index is -0.965. The molecule has 4 rings (SSSR count). The van der Waals surface area contributed by atoms with Gasteiger partial charge in [0.1, 0.15) is 23.1 Å². The van der Waals surface area contributed by atoms with Crippen LogP contribution >= 0.6 is 0 Å². The van der Waals surface area contributed by atoms with Gasteiger partial charge in [-0.15, -0.1) is 0 Å². The van der Waals surface area contributed by atoms with Gasteiger partial charge in [0.25, 0.3) is 0 Å². The van der Waals surface area contributed by atoms with E-state index in [0.29, 0.717) is 17.3 Å². The van der Waals surface area contributed by atoms with Crippen molar-refractivity contribution in [2.24, 2.45) is 0 Å². The van der Waals surface area contributed by atoms with Crippen LogP contribution in [0, 0.1) is 6.92 Å². The van der Waals surface area contributed by atoms with E-state index in [4.69, 9.17) is 9.84 Å². The fraction of sp³-hybridized carbons (Fsp3) is 0.0870. The summed E-state index contributed by atoms with van der Waals surface area (Å²) in [7, 11) is 1.95. The number of nitrogens with zero attached hydrogens (tertiary/aromatic N) is 3. The number of carboxylic acid groups (broad SMARTS) is 1. The molecular formula is C23H19N3O3. The Hall–Kier alpha value is -3.93. The Kier molecular flexibility index (Phi) is 4.83. The smallest absolute Gasteiger partial charge is 0.335 e. The van der Waals surface area contributed by atoms with Gasteiger partial charge in [-0.2, -0.15) is 0 Å². The molecule has 29 heavy (non-hydrogen) atoms. The second-order valence-electron chi connectivity index (χ2n) is 6.60. The first-order valence-electron chi connectivity index (χ1n) is 9.09. The van der Waals surface area contributed by atoms with Crippen LogP contribution in [0.1, 0.15) is 16.2 Å². The summed E-state index contributed by atoms with van der Waals surface area (Å²) in [6.45, 7) is 1.88. The summed E-state index contributed by atoms with van der Waals surface area (Å²) in [5.41, 5.74) is 2.03. The van der Waals surface area contributed by atoms with E-state index >= 15 is 0 Å². The standard InChI is InChI=1S/C23H19N3O3/c1-15-24-21-9-4-3-8-20(21)22(25-15)26(2)17-6-5-7-19(14-17)29-18-12-10-16(11-13-18)23(27)28/h3-14H,1-2H3,(H,27,28). The Morgan fingerprint density at radius 3 is 2.45 bits per heavy atom. The Labute approximate surface area is 168 Å². The third-order valence-electron chi connectivity index (χ3n) is 4.55. The van der Waals surface area contributed by atoms with E-state index in [1.807, 2.05) is 67.4 Å². The highest BCUT2D eigenvalue weighted by Gasteiger charge is 2.13. The highest BCUT2D eigenvalue weighted by Crippen LogP contribution is 2.32. The summed E-state index contributed by atoms with van der Waals surface area (Å²) >= 11 is 0. The van der Waals surface area contributed by atoms with E-state index in [9.17, 15) is 4.79 Å². The van der Waals surface area contributed by atoms with E-state index in [1.54, 1.807) is 12.1 Å². The lowest BCUT2D eigenvalue weighted by Crippen LogP contribution is -2.13. The molecule has 0 atom stereocenters. The normalized spacial score (nSPS) is 10.7. The molecule has 0 spiro atoms. The maximum Gasteiger partial charge on any atom is 0.335 e. The number of rotatable bonds is 5. The predicted octanol–water partition coefficient (Wildman–Crippen LogP) is 5.20. The SMILES string of the molecule is Cc1nc(N(C)c2cccc(Oc3ccc(C(=O)O)cc3)c2)c2ccccc2n1. The molecule has 6 heteroatoms. The van der Waals surface area contributed by atoms with Gasteiger partial charge in [-0.3, -0.25) is 0 Å². The second kappa shape index (κ2) is 7.59. The number of fused-ring (bicyclic) bond motifs is 1. The Balaban J connectivity index is 1.64. The van der Waals surface area contributed by atoms with Crippen molar-refractivity contribution >= 4 is 28.4 Å². The molecule has 1 N–H and O–H groups in total. The van der Waals surface area contributed by atoms with Crippen LogP contribution in [0.3, 0.4) is 0 Å². The molecule has 144 valence electrons. The molecule has 0 aliphatic carbocycles. The minimum Gasteiger partial charge on any atom is -0.478 e. The summed E-state index contributed by atoms with van der Waals surface area (Å²) in [5.74, 6) is 1.77. The van der Waals surface area contributed by atoms with Crippen molar-refractivity contribution < 1.29 is 14.6 Å². The third-order valence-corrected chi connectivity index (χ3v) is 4.55. The number of hydrogen-bond donors (Lipinski definition) is 1. The number of carboxylic acids is 1. The van der Waals surface area contributed by atoms with Gasteiger partial charge in [0.2, 0.25) is 0 Å². The van der Waals surface area contributed by atoms with Crippen molar-refractivity contribution in [1.29, 1.82) is 0 Å². The van der Waals surface area contributed by atoms with Crippen molar-refractivity contribution in [1.82, 2.24) is 9.97 Å². The van der Waals surface area contributed by atoms with Gasteiger partial charge < -0.3 is 14.7 Å². The number of ether oxygens (including phenoxy) is 1. The number of aromatic nitrogens is 2. The van der Waals surface area contributed by atoms with Gasteiger partial charge in [-0.05, 0) is 55.5 Å². The van der Waals surface area contributed by atoms with Crippen LogP contribution in [0.2, 0.25) is 0 Å². The number of aryl methyl sites for hydroxylation is 1. The van der Waals surface area contributed by atoms with E-state index in [-0.39, 0.29) is 5.56 Å². The Morgan fingerprint density at radius 2 is 1.69 bits per heavy atom. The number of hydrogen-bond acceptors (Lipinski definition) is 5. The van der Waals surface area contributed by atoms with E-state index in [2.05, 4.69) is 9.97 Å². The number of benzene rings is 3. The first-order chi connectivity index (χ1) is 14.0. The van der Waals surface area contributed by atoms with Gasteiger partial charge in [0.15, 0.2) is 0 Å². The molecule has 4 aromatic rings. The largest absolute Gasteiger partial charge is 0.478 e. The fourth-order valence-corrected chi connectivity index (χ4v) is 3.11. The highest BCUT2D eigenvalue weighted by atomic mass is 16.5. The number of aromatic carboxylic acids is 1. The monoisotopic (exact) mass is 385 g/mol. The molecule has 0 aliphatic rings. The van der Waals surface area contributed by atoms with E-state index in [1.165, 1.54) is 12.1 Å². The summed E-state index contributed by atoms with van der Waals surface area (Å²) in [5, 5.41) is 9.98. The van der Waals surface area contributed by atoms with Crippen LogP contribution in [0.25, 0.3) is 10.9 Å². The molecule has 6 nitrogen and oxygen atoms in total. The molecule has 0 radical (unpaired) electrons. The molecule has 0 aliphatic heterocycles. The number of para-hydroxylation sites is 1.